The molecule has 128 valence electrons. The lowest BCUT2D eigenvalue weighted by Crippen LogP contribution is -2.27. The Morgan fingerprint density at radius 1 is 1.04 bits per heavy atom. The van der Waals surface area contributed by atoms with Gasteiger partial charge in [0.2, 0.25) is 5.91 Å². The molecular weight excluding hydrogens is 350 g/mol. The molecule has 3 aromatic rings. The quantitative estimate of drug-likeness (QED) is 0.388. The molecule has 1 aromatic heterocycles. The van der Waals surface area contributed by atoms with Crippen LogP contribution in [0.2, 0.25) is 0 Å². The number of carbonyl (C=O) groups excluding carboxylic acids is 1. The van der Waals surface area contributed by atoms with Crippen molar-refractivity contribution < 1.29 is 4.79 Å². The van der Waals surface area contributed by atoms with Crippen LogP contribution >= 0.6 is 23.5 Å². The van der Waals surface area contributed by atoms with E-state index in [1.165, 1.54) is 22.2 Å². The molecule has 3 rings (SSSR count). The van der Waals surface area contributed by atoms with Crippen LogP contribution in [0.25, 0.3) is 10.9 Å². The van der Waals surface area contributed by atoms with Crippen molar-refractivity contribution in [2.45, 2.75) is 16.8 Å². The molecule has 25 heavy (non-hydrogen) atoms. The van der Waals surface area contributed by atoms with Gasteiger partial charge in [-0.2, -0.15) is 0 Å². The molecule has 0 bridgehead atoms. The van der Waals surface area contributed by atoms with Crippen LogP contribution in [0.3, 0.4) is 0 Å². The van der Waals surface area contributed by atoms with Gasteiger partial charge in [0.1, 0.15) is 11.4 Å². The first kappa shape index (κ1) is 17.8. The van der Waals surface area contributed by atoms with Crippen molar-refractivity contribution in [3.63, 3.8) is 0 Å². The number of hydrogen-bond acceptors (Lipinski definition) is 5. The van der Waals surface area contributed by atoms with E-state index in [1.54, 1.807) is 18.1 Å². The lowest BCUT2D eigenvalue weighted by Gasteiger charge is -2.06. The Balaban J connectivity index is 1.42. The number of fused-ring (bicyclic) bond motifs is 1. The van der Waals surface area contributed by atoms with Gasteiger partial charge >= 0.3 is 0 Å². The van der Waals surface area contributed by atoms with Gasteiger partial charge in [0, 0.05) is 22.6 Å². The highest BCUT2D eigenvalue weighted by molar-refractivity contribution is 8.00. The number of carbonyl (C=O) groups is 1. The fourth-order valence-corrected chi connectivity index (χ4v) is 3.86. The second-order valence-corrected chi connectivity index (χ2v) is 7.63. The van der Waals surface area contributed by atoms with Crippen LogP contribution in [-0.4, -0.2) is 33.9 Å². The van der Waals surface area contributed by atoms with E-state index in [0.717, 1.165) is 21.7 Å². The minimum Gasteiger partial charge on any atom is -0.355 e. The summed E-state index contributed by atoms with van der Waals surface area (Å²) in [5.41, 5.74) is 2.15. The average Bonchev–Trinajstić information content (AvgIpc) is 2.65. The molecule has 4 nitrogen and oxygen atoms in total. The summed E-state index contributed by atoms with van der Waals surface area (Å²) in [5.74, 6) is 1.24. The van der Waals surface area contributed by atoms with E-state index >= 15 is 0 Å². The highest BCUT2D eigenvalue weighted by atomic mass is 32.2. The number of aryl methyl sites for hydroxylation is 1. The van der Waals surface area contributed by atoms with Crippen LogP contribution in [0.1, 0.15) is 5.56 Å². The second kappa shape index (κ2) is 8.87. The fourth-order valence-electron chi connectivity index (χ4n) is 2.27. The van der Waals surface area contributed by atoms with E-state index in [-0.39, 0.29) is 5.91 Å². The zero-order chi connectivity index (χ0) is 17.5. The highest BCUT2D eigenvalue weighted by Crippen LogP contribution is 2.23. The molecule has 0 aliphatic heterocycles. The maximum absolute atomic E-state index is 12.0. The minimum absolute atomic E-state index is 0.0252. The Labute approximate surface area is 155 Å². The van der Waals surface area contributed by atoms with Crippen LogP contribution in [-0.2, 0) is 4.79 Å². The Morgan fingerprint density at radius 3 is 2.68 bits per heavy atom. The van der Waals surface area contributed by atoms with Gasteiger partial charge in [-0.25, -0.2) is 9.97 Å². The van der Waals surface area contributed by atoms with Gasteiger partial charge in [-0.05, 0) is 25.1 Å². The molecule has 0 saturated carbocycles. The van der Waals surface area contributed by atoms with Gasteiger partial charge in [0.25, 0.3) is 0 Å². The molecule has 1 amide bonds. The first-order chi connectivity index (χ1) is 12.2. The number of nitrogens with one attached hydrogen (secondary N) is 1. The SMILES string of the molecule is Cc1ccc(SCCNC(=O)CSc2ncnc3ccccc23)cc1. The van der Waals surface area contributed by atoms with Gasteiger partial charge < -0.3 is 5.32 Å². The van der Waals surface area contributed by atoms with E-state index in [2.05, 4.69) is 46.5 Å². The molecule has 0 unspecified atom stereocenters. The number of benzene rings is 2. The molecule has 0 atom stereocenters. The summed E-state index contributed by atoms with van der Waals surface area (Å²) in [6.45, 7) is 2.73. The largest absolute Gasteiger partial charge is 0.355 e. The smallest absolute Gasteiger partial charge is 0.230 e. The van der Waals surface area contributed by atoms with Gasteiger partial charge in [0.05, 0.1) is 11.3 Å². The van der Waals surface area contributed by atoms with Crippen molar-refractivity contribution in [2.75, 3.05) is 18.1 Å². The molecular formula is C19H19N3OS2. The summed E-state index contributed by atoms with van der Waals surface area (Å²) in [6.07, 6.45) is 1.54. The lowest BCUT2D eigenvalue weighted by molar-refractivity contribution is -0.118. The molecule has 0 fully saturated rings. The van der Waals surface area contributed by atoms with Crippen LogP contribution in [0.15, 0.2) is 64.8 Å². The molecule has 0 aliphatic carbocycles. The Kier molecular flexibility index (Phi) is 6.30. The molecule has 2 aromatic carbocycles. The molecule has 0 radical (unpaired) electrons. The Hall–Kier alpha value is -2.05. The van der Waals surface area contributed by atoms with E-state index in [9.17, 15) is 4.79 Å². The normalized spacial score (nSPS) is 10.8. The zero-order valence-electron chi connectivity index (χ0n) is 13.9. The summed E-state index contributed by atoms with van der Waals surface area (Å²) < 4.78 is 0. The number of amides is 1. The minimum atomic E-state index is 0.0252. The van der Waals surface area contributed by atoms with Gasteiger partial charge in [-0.3, -0.25) is 4.79 Å². The second-order valence-electron chi connectivity index (χ2n) is 5.50. The summed E-state index contributed by atoms with van der Waals surface area (Å²) >= 11 is 3.19. The molecule has 6 heteroatoms. The summed E-state index contributed by atoms with van der Waals surface area (Å²) in [7, 11) is 0. The van der Waals surface area contributed by atoms with Gasteiger partial charge in [-0.1, -0.05) is 47.7 Å². The molecule has 0 saturated heterocycles. The third kappa shape index (κ3) is 5.21. The van der Waals surface area contributed by atoms with Crippen LogP contribution in [0.4, 0.5) is 0 Å². The van der Waals surface area contributed by atoms with Crippen molar-refractivity contribution in [1.29, 1.82) is 0 Å². The standard InChI is InChI=1S/C19H19N3OS2/c1-14-6-8-15(9-7-14)24-11-10-20-18(23)12-25-19-16-4-2-3-5-17(16)21-13-22-19/h2-9,13H,10-12H2,1H3,(H,20,23). The number of para-hydroxylation sites is 1. The fraction of sp³-hybridized carbons (Fsp3) is 0.211. The first-order valence-electron chi connectivity index (χ1n) is 8.01. The number of hydrogen-bond donors (Lipinski definition) is 1. The molecule has 0 spiro atoms. The topological polar surface area (TPSA) is 54.9 Å². The first-order valence-corrected chi connectivity index (χ1v) is 9.98. The van der Waals surface area contributed by atoms with Gasteiger partial charge in [-0.15, -0.1) is 11.8 Å². The van der Waals surface area contributed by atoms with E-state index < -0.39 is 0 Å². The van der Waals surface area contributed by atoms with Crippen molar-refractivity contribution in [1.82, 2.24) is 15.3 Å². The molecule has 1 N–H and O–H groups in total. The van der Waals surface area contributed by atoms with Crippen molar-refractivity contribution >= 4 is 40.3 Å². The third-order valence-corrected chi connectivity index (χ3v) is 5.58. The zero-order valence-corrected chi connectivity index (χ0v) is 15.6. The van der Waals surface area contributed by atoms with Crippen molar-refractivity contribution in [2.24, 2.45) is 0 Å². The van der Waals surface area contributed by atoms with Crippen molar-refractivity contribution in [3.05, 3.63) is 60.4 Å². The monoisotopic (exact) mass is 369 g/mol. The number of nitrogens with zero attached hydrogens (tertiary/aromatic N) is 2. The molecule has 1 heterocycles. The predicted octanol–water partition coefficient (Wildman–Crippen LogP) is 3.94. The predicted molar refractivity (Wildman–Crippen MR) is 105 cm³/mol. The van der Waals surface area contributed by atoms with Crippen molar-refractivity contribution in [3.8, 4) is 0 Å². The third-order valence-electron chi connectivity index (χ3n) is 3.56. The highest BCUT2D eigenvalue weighted by Gasteiger charge is 2.07. The summed E-state index contributed by atoms with van der Waals surface area (Å²) in [5, 5.41) is 4.78. The maximum atomic E-state index is 12.0. The average molecular weight is 370 g/mol. The van der Waals surface area contributed by atoms with Crippen LogP contribution in [0.5, 0.6) is 0 Å². The van der Waals surface area contributed by atoms with E-state index in [1.807, 2.05) is 24.3 Å². The van der Waals surface area contributed by atoms with Gasteiger partial charge in [0.15, 0.2) is 0 Å². The summed E-state index contributed by atoms with van der Waals surface area (Å²) in [6, 6.07) is 16.3. The number of aromatic nitrogens is 2. The maximum Gasteiger partial charge on any atom is 0.230 e. The van der Waals surface area contributed by atoms with Crippen LogP contribution < -0.4 is 5.32 Å². The lowest BCUT2D eigenvalue weighted by atomic mass is 10.2. The van der Waals surface area contributed by atoms with E-state index in [0.29, 0.717) is 12.3 Å². The Morgan fingerprint density at radius 2 is 1.84 bits per heavy atom. The number of rotatable bonds is 7. The Bertz CT molecular complexity index is 847. The van der Waals surface area contributed by atoms with E-state index in [4.69, 9.17) is 0 Å². The summed E-state index contributed by atoms with van der Waals surface area (Å²) in [4.78, 5) is 21.8. The number of thioether (sulfide) groups is 2. The van der Waals surface area contributed by atoms with Crippen LogP contribution in [0, 0.1) is 6.92 Å². The molecule has 0 aliphatic rings.